The fourth-order valence-corrected chi connectivity index (χ4v) is 2.14. The molecule has 0 aliphatic carbocycles. The number of hydrogen-bond acceptors (Lipinski definition) is 5. The van der Waals surface area contributed by atoms with Gasteiger partial charge in [0.05, 0.1) is 6.61 Å². The third-order valence-electron chi connectivity index (χ3n) is 2.71. The van der Waals surface area contributed by atoms with Crippen LogP contribution in [0, 0.1) is 0 Å². The molecule has 3 aliphatic heterocycles. The summed E-state index contributed by atoms with van der Waals surface area (Å²) >= 11 is 0. The van der Waals surface area contributed by atoms with Gasteiger partial charge in [-0.15, -0.1) is 0 Å². The lowest BCUT2D eigenvalue weighted by molar-refractivity contribution is -0.187. The molecular formula is C9H12O5. The number of ketones is 1. The first-order valence-electron chi connectivity index (χ1n) is 4.73. The highest BCUT2D eigenvalue weighted by Crippen LogP contribution is 2.38. The second-order valence-corrected chi connectivity index (χ2v) is 4.25. The van der Waals surface area contributed by atoms with Crippen molar-refractivity contribution in [2.24, 2.45) is 0 Å². The molecule has 5 nitrogen and oxygen atoms in total. The largest absolute Gasteiger partial charge is 0.347 e. The molecule has 78 valence electrons. The Morgan fingerprint density at radius 2 is 2.14 bits per heavy atom. The van der Waals surface area contributed by atoms with E-state index in [9.17, 15) is 4.79 Å². The lowest BCUT2D eigenvalue weighted by atomic mass is 10.0. The molecule has 3 rings (SSSR count). The van der Waals surface area contributed by atoms with Crippen molar-refractivity contribution < 1.29 is 23.7 Å². The Labute approximate surface area is 81.3 Å². The van der Waals surface area contributed by atoms with Crippen molar-refractivity contribution in [2.75, 3.05) is 6.61 Å². The standard InChI is InChI=1S/C9H12O5/c1-9(2)13-6-5(10)4-3-11-8(12-4)7(6)14-9/h4,6-8H,3H2,1-2H3/t4-,6-,7+,8+/m0/s1. The molecule has 0 saturated carbocycles. The first kappa shape index (κ1) is 8.79. The maximum atomic E-state index is 11.7. The Hall–Kier alpha value is -0.490. The van der Waals surface area contributed by atoms with E-state index in [1.807, 2.05) is 0 Å². The second kappa shape index (κ2) is 2.55. The van der Waals surface area contributed by atoms with Gasteiger partial charge >= 0.3 is 0 Å². The monoisotopic (exact) mass is 200 g/mol. The Morgan fingerprint density at radius 3 is 2.93 bits per heavy atom. The first-order chi connectivity index (χ1) is 6.57. The van der Waals surface area contributed by atoms with E-state index in [0.717, 1.165) is 0 Å². The highest BCUT2D eigenvalue weighted by molar-refractivity contribution is 5.89. The van der Waals surface area contributed by atoms with Crippen molar-refractivity contribution in [3.8, 4) is 0 Å². The second-order valence-electron chi connectivity index (χ2n) is 4.25. The molecule has 3 fully saturated rings. The van der Waals surface area contributed by atoms with Gasteiger partial charge in [-0.25, -0.2) is 0 Å². The Kier molecular flexibility index (Phi) is 1.60. The summed E-state index contributed by atoms with van der Waals surface area (Å²) in [7, 11) is 0. The van der Waals surface area contributed by atoms with Gasteiger partial charge in [-0.05, 0) is 13.8 Å². The van der Waals surface area contributed by atoms with Crippen LogP contribution < -0.4 is 0 Å². The summed E-state index contributed by atoms with van der Waals surface area (Å²) in [5, 5.41) is 0. The van der Waals surface area contributed by atoms with E-state index in [-0.39, 0.29) is 5.78 Å². The smallest absolute Gasteiger partial charge is 0.195 e. The van der Waals surface area contributed by atoms with Crippen LogP contribution in [0.3, 0.4) is 0 Å². The molecular weight excluding hydrogens is 188 g/mol. The van der Waals surface area contributed by atoms with Gasteiger partial charge in [-0.1, -0.05) is 0 Å². The van der Waals surface area contributed by atoms with Gasteiger partial charge in [0, 0.05) is 0 Å². The van der Waals surface area contributed by atoms with Crippen molar-refractivity contribution in [2.45, 2.75) is 44.2 Å². The molecule has 14 heavy (non-hydrogen) atoms. The van der Waals surface area contributed by atoms with E-state index in [1.54, 1.807) is 13.8 Å². The van der Waals surface area contributed by atoms with Gasteiger partial charge in [-0.3, -0.25) is 4.79 Å². The van der Waals surface area contributed by atoms with Crippen molar-refractivity contribution >= 4 is 5.78 Å². The van der Waals surface area contributed by atoms with E-state index < -0.39 is 30.4 Å². The van der Waals surface area contributed by atoms with E-state index >= 15 is 0 Å². The van der Waals surface area contributed by atoms with Crippen LogP contribution in [-0.2, 0) is 23.7 Å². The van der Waals surface area contributed by atoms with Gasteiger partial charge in [-0.2, -0.15) is 0 Å². The van der Waals surface area contributed by atoms with Crippen molar-refractivity contribution in [3.63, 3.8) is 0 Å². The van der Waals surface area contributed by atoms with Crippen LogP contribution in [0.2, 0.25) is 0 Å². The van der Waals surface area contributed by atoms with Gasteiger partial charge in [0.25, 0.3) is 0 Å². The van der Waals surface area contributed by atoms with Crippen molar-refractivity contribution in [3.05, 3.63) is 0 Å². The predicted octanol–water partition coefficient (Wildman–Crippen LogP) is -0.169. The fourth-order valence-electron chi connectivity index (χ4n) is 2.14. The highest BCUT2D eigenvalue weighted by Gasteiger charge is 2.58. The zero-order valence-corrected chi connectivity index (χ0v) is 8.06. The molecule has 0 radical (unpaired) electrons. The van der Waals surface area contributed by atoms with Gasteiger partial charge in [0.15, 0.2) is 24.0 Å². The topological polar surface area (TPSA) is 54.0 Å². The number of carbonyl (C=O) groups excluding carboxylic acids is 1. The Morgan fingerprint density at radius 1 is 1.36 bits per heavy atom. The summed E-state index contributed by atoms with van der Waals surface area (Å²) in [6.07, 6.45) is -1.82. The van der Waals surface area contributed by atoms with E-state index in [4.69, 9.17) is 18.9 Å². The minimum absolute atomic E-state index is 0.0608. The molecule has 4 atom stereocenters. The summed E-state index contributed by atoms with van der Waals surface area (Å²) < 4.78 is 21.7. The number of ether oxygens (including phenoxy) is 4. The number of carbonyl (C=O) groups is 1. The van der Waals surface area contributed by atoms with E-state index in [0.29, 0.717) is 6.61 Å². The van der Waals surface area contributed by atoms with Crippen molar-refractivity contribution in [1.82, 2.24) is 0 Å². The summed E-state index contributed by atoms with van der Waals surface area (Å²) in [4.78, 5) is 11.7. The molecule has 0 amide bonds. The average Bonchev–Trinajstić information content (AvgIpc) is 2.64. The molecule has 0 aromatic carbocycles. The Balaban J connectivity index is 1.92. The maximum Gasteiger partial charge on any atom is 0.195 e. The van der Waals surface area contributed by atoms with Crippen LogP contribution in [0.5, 0.6) is 0 Å². The third-order valence-corrected chi connectivity index (χ3v) is 2.71. The summed E-state index contributed by atoms with van der Waals surface area (Å²) in [6, 6.07) is 0. The number of rotatable bonds is 0. The first-order valence-corrected chi connectivity index (χ1v) is 4.73. The van der Waals surface area contributed by atoms with E-state index in [1.165, 1.54) is 0 Å². The van der Waals surface area contributed by atoms with Crippen LogP contribution >= 0.6 is 0 Å². The van der Waals surface area contributed by atoms with E-state index in [2.05, 4.69) is 0 Å². The fraction of sp³-hybridized carbons (Fsp3) is 0.889. The van der Waals surface area contributed by atoms with Crippen LogP contribution in [0.1, 0.15) is 13.8 Å². The summed E-state index contributed by atoms with van der Waals surface area (Å²) in [6.45, 7) is 3.89. The zero-order chi connectivity index (χ0) is 9.92. The minimum Gasteiger partial charge on any atom is -0.347 e. The minimum atomic E-state index is -0.720. The van der Waals surface area contributed by atoms with Crippen molar-refractivity contribution in [1.29, 1.82) is 0 Å². The molecule has 0 aromatic rings. The SMILES string of the molecule is CC1(C)O[C@H]2[C@@H]3OC[C@H](O3)C(=O)[C@@H]2O1. The maximum absolute atomic E-state index is 11.7. The number of hydrogen-bond donors (Lipinski definition) is 0. The molecule has 0 unspecified atom stereocenters. The van der Waals surface area contributed by atoms with Gasteiger partial charge in [0.2, 0.25) is 0 Å². The average molecular weight is 200 g/mol. The lowest BCUT2D eigenvalue weighted by Crippen LogP contribution is -2.49. The predicted molar refractivity (Wildman–Crippen MR) is 43.4 cm³/mol. The number of fused-ring (bicyclic) bond motifs is 4. The molecule has 2 bridgehead atoms. The quantitative estimate of drug-likeness (QED) is 0.543. The summed E-state index contributed by atoms with van der Waals surface area (Å²) in [5.74, 6) is -0.781. The molecule has 3 saturated heterocycles. The van der Waals surface area contributed by atoms with Gasteiger partial charge in [0.1, 0.15) is 12.2 Å². The number of Topliss-reactive ketones (excluding diaryl/α,β-unsaturated/α-hetero) is 1. The molecule has 3 heterocycles. The van der Waals surface area contributed by atoms with Crippen LogP contribution in [-0.4, -0.2) is 42.8 Å². The third kappa shape index (κ3) is 1.07. The van der Waals surface area contributed by atoms with Crippen LogP contribution in [0.25, 0.3) is 0 Å². The van der Waals surface area contributed by atoms with Crippen LogP contribution in [0.4, 0.5) is 0 Å². The molecule has 3 aliphatic rings. The molecule has 5 heteroatoms. The molecule has 0 aromatic heterocycles. The molecule has 0 spiro atoms. The summed E-state index contributed by atoms with van der Waals surface area (Å²) in [5.41, 5.74) is 0. The normalized spacial score (nSPS) is 49.4. The van der Waals surface area contributed by atoms with Gasteiger partial charge < -0.3 is 18.9 Å². The Bertz CT molecular complexity index is 287. The zero-order valence-electron chi connectivity index (χ0n) is 8.06. The van der Waals surface area contributed by atoms with Crippen LogP contribution in [0.15, 0.2) is 0 Å². The lowest BCUT2D eigenvalue weighted by Gasteiger charge is -2.25. The highest BCUT2D eigenvalue weighted by atomic mass is 16.8. The molecule has 0 N–H and O–H groups in total.